The van der Waals surface area contributed by atoms with E-state index in [4.69, 9.17) is 20.3 Å². The maximum absolute atomic E-state index is 5.94. The molecule has 112 valence electrons. The zero-order chi connectivity index (χ0) is 15.6. The van der Waals surface area contributed by atoms with Crippen molar-refractivity contribution < 1.29 is 8.85 Å². The lowest BCUT2D eigenvalue weighted by atomic mass is 10.2. The van der Waals surface area contributed by atoms with Crippen molar-refractivity contribution in [1.82, 2.24) is 0 Å². The fourth-order valence-electron chi connectivity index (χ4n) is 2.78. The minimum Gasteiger partial charge on any atom is -0.399 e. The van der Waals surface area contributed by atoms with Crippen molar-refractivity contribution in [2.24, 2.45) is 0 Å². The highest BCUT2D eigenvalue weighted by Crippen LogP contribution is 2.16. The third kappa shape index (κ3) is 2.67. The van der Waals surface area contributed by atoms with Gasteiger partial charge in [0.05, 0.1) is 0 Å². The van der Waals surface area contributed by atoms with E-state index in [1.807, 2.05) is 50.2 Å². The molecule has 0 aliphatic heterocycles. The van der Waals surface area contributed by atoms with E-state index in [0.29, 0.717) is 0 Å². The fourth-order valence-corrected chi connectivity index (χ4v) is 5.91. The number of hydrogen-bond acceptors (Lipinski definition) is 4. The van der Waals surface area contributed by atoms with E-state index in [9.17, 15) is 0 Å². The summed E-state index contributed by atoms with van der Waals surface area (Å²) < 4.78 is 11.9. The summed E-state index contributed by atoms with van der Waals surface area (Å²) in [5.41, 5.74) is 15.3. The lowest BCUT2D eigenvalue weighted by molar-refractivity contribution is 0.272. The van der Waals surface area contributed by atoms with Crippen molar-refractivity contribution in [1.29, 1.82) is 0 Å². The van der Waals surface area contributed by atoms with E-state index in [1.54, 1.807) is 14.2 Å². The van der Waals surface area contributed by atoms with Gasteiger partial charge < -0.3 is 20.3 Å². The van der Waals surface area contributed by atoms with E-state index >= 15 is 0 Å². The molecule has 0 saturated heterocycles. The molecule has 0 heterocycles. The molecular formula is C16H22N2O2Si. The van der Waals surface area contributed by atoms with Crippen LogP contribution < -0.4 is 21.8 Å². The second kappa shape index (κ2) is 5.89. The molecule has 2 rings (SSSR count). The number of hydrogen-bond donors (Lipinski definition) is 2. The second-order valence-electron chi connectivity index (χ2n) is 5.17. The minimum absolute atomic E-state index is 0.736. The Morgan fingerprint density at radius 3 is 1.43 bits per heavy atom. The van der Waals surface area contributed by atoms with Gasteiger partial charge in [0, 0.05) is 36.0 Å². The van der Waals surface area contributed by atoms with E-state index in [1.165, 1.54) is 0 Å². The van der Waals surface area contributed by atoms with Gasteiger partial charge in [-0.05, 0) is 49.2 Å². The molecule has 0 spiro atoms. The fraction of sp³-hybridized carbons (Fsp3) is 0.250. The van der Waals surface area contributed by atoms with Crippen molar-refractivity contribution in [3.05, 3.63) is 47.5 Å². The quantitative estimate of drug-likeness (QED) is 0.660. The number of aryl methyl sites for hydroxylation is 2. The lowest BCUT2D eigenvalue weighted by Crippen LogP contribution is -2.63. The van der Waals surface area contributed by atoms with Crippen LogP contribution >= 0.6 is 0 Å². The topological polar surface area (TPSA) is 70.5 Å². The van der Waals surface area contributed by atoms with E-state index in [2.05, 4.69) is 0 Å². The monoisotopic (exact) mass is 302 g/mol. The molecule has 0 unspecified atom stereocenters. The molecule has 4 N–H and O–H groups in total. The molecule has 0 saturated carbocycles. The smallest absolute Gasteiger partial charge is 0.399 e. The summed E-state index contributed by atoms with van der Waals surface area (Å²) in [4.78, 5) is 0. The van der Waals surface area contributed by atoms with Gasteiger partial charge in [0.2, 0.25) is 0 Å². The zero-order valence-corrected chi connectivity index (χ0v) is 13.9. The Labute approximate surface area is 126 Å². The number of anilines is 2. The van der Waals surface area contributed by atoms with Crippen LogP contribution in [0.25, 0.3) is 0 Å². The van der Waals surface area contributed by atoms with Gasteiger partial charge in [-0.25, -0.2) is 0 Å². The number of benzene rings is 2. The third-order valence-corrected chi connectivity index (χ3v) is 7.48. The Hall–Kier alpha value is -1.82. The van der Waals surface area contributed by atoms with Crippen molar-refractivity contribution >= 4 is 30.3 Å². The van der Waals surface area contributed by atoms with Crippen molar-refractivity contribution in [2.45, 2.75) is 13.8 Å². The Morgan fingerprint density at radius 2 is 1.14 bits per heavy atom. The average molecular weight is 302 g/mol. The molecule has 0 amide bonds. The number of nitrogens with two attached hydrogens (primary N) is 2. The minimum atomic E-state index is -2.74. The van der Waals surface area contributed by atoms with E-state index < -0.39 is 8.56 Å². The molecule has 2 aromatic carbocycles. The van der Waals surface area contributed by atoms with Gasteiger partial charge in [-0.1, -0.05) is 12.1 Å². The van der Waals surface area contributed by atoms with Crippen molar-refractivity contribution in [3.8, 4) is 0 Å². The Kier molecular flexibility index (Phi) is 4.36. The molecule has 0 radical (unpaired) electrons. The van der Waals surface area contributed by atoms with E-state index in [-0.39, 0.29) is 0 Å². The van der Waals surface area contributed by atoms with Gasteiger partial charge in [-0.3, -0.25) is 0 Å². The second-order valence-corrected chi connectivity index (χ2v) is 8.30. The first kappa shape index (κ1) is 15.6. The predicted octanol–water partition coefficient (Wildman–Crippen LogP) is 1.32. The predicted molar refractivity (Wildman–Crippen MR) is 90.2 cm³/mol. The van der Waals surface area contributed by atoms with Gasteiger partial charge in [-0.15, -0.1) is 0 Å². The molecule has 2 aromatic rings. The highest BCUT2D eigenvalue weighted by Gasteiger charge is 2.43. The molecule has 0 atom stereocenters. The molecule has 0 fully saturated rings. The first-order valence-electron chi connectivity index (χ1n) is 6.78. The lowest BCUT2D eigenvalue weighted by Gasteiger charge is -2.31. The molecule has 0 aliphatic carbocycles. The van der Waals surface area contributed by atoms with Crippen LogP contribution in [0.5, 0.6) is 0 Å². The largest absolute Gasteiger partial charge is 0.407 e. The van der Waals surface area contributed by atoms with Crippen LogP contribution in [0.4, 0.5) is 11.4 Å². The molecule has 0 aliphatic rings. The van der Waals surface area contributed by atoms with Gasteiger partial charge in [0.1, 0.15) is 0 Å². The molecule has 0 bridgehead atoms. The Balaban J connectivity index is 2.70. The van der Waals surface area contributed by atoms with Crippen LogP contribution in [0.1, 0.15) is 11.1 Å². The van der Waals surface area contributed by atoms with Crippen LogP contribution in [-0.4, -0.2) is 22.8 Å². The first-order chi connectivity index (χ1) is 9.94. The highest BCUT2D eigenvalue weighted by atomic mass is 28.4. The average Bonchev–Trinajstić information content (AvgIpc) is 2.44. The summed E-state index contributed by atoms with van der Waals surface area (Å²) in [6, 6.07) is 11.7. The maximum atomic E-state index is 5.94. The highest BCUT2D eigenvalue weighted by molar-refractivity contribution is 6.93. The summed E-state index contributed by atoms with van der Waals surface area (Å²) in [5.74, 6) is 0. The molecule has 21 heavy (non-hydrogen) atoms. The van der Waals surface area contributed by atoms with Gasteiger partial charge in [0.25, 0.3) is 0 Å². The van der Waals surface area contributed by atoms with Crippen LogP contribution in [0, 0.1) is 13.8 Å². The molecule has 5 heteroatoms. The standard InChI is InChI=1S/C16H22N2O2Si/c1-11-9-13(17)5-7-15(11)21(19-3,20-4)16-8-6-14(18)10-12(16)2/h5-10H,17-18H2,1-4H3. The molecular weight excluding hydrogens is 280 g/mol. The summed E-state index contributed by atoms with van der Waals surface area (Å²) in [6.45, 7) is 4.05. The van der Waals surface area contributed by atoms with E-state index in [0.717, 1.165) is 32.9 Å². The third-order valence-electron chi connectivity index (χ3n) is 3.79. The van der Waals surface area contributed by atoms with Crippen molar-refractivity contribution in [3.63, 3.8) is 0 Å². The van der Waals surface area contributed by atoms with Gasteiger partial charge in [0.15, 0.2) is 0 Å². The normalized spacial score (nSPS) is 11.6. The first-order valence-corrected chi connectivity index (χ1v) is 8.59. The Morgan fingerprint density at radius 1 is 0.762 bits per heavy atom. The van der Waals surface area contributed by atoms with Crippen molar-refractivity contribution in [2.75, 3.05) is 25.7 Å². The van der Waals surface area contributed by atoms with Crippen LogP contribution in [0.2, 0.25) is 0 Å². The summed E-state index contributed by atoms with van der Waals surface area (Å²) in [5, 5.41) is 2.13. The van der Waals surface area contributed by atoms with Crippen LogP contribution in [0.15, 0.2) is 36.4 Å². The zero-order valence-electron chi connectivity index (χ0n) is 12.9. The summed E-state index contributed by atoms with van der Waals surface area (Å²) in [7, 11) is 0.650. The Bertz CT molecular complexity index is 601. The SMILES string of the molecule is CO[Si](OC)(c1ccc(N)cc1C)c1ccc(N)cc1C. The van der Waals surface area contributed by atoms with Gasteiger partial charge in [-0.2, -0.15) is 0 Å². The number of rotatable bonds is 4. The molecule has 4 nitrogen and oxygen atoms in total. The number of nitrogen functional groups attached to an aromatic ring is 2. The van der Waals surface area contributed by atoms with Gasteiger partial charge >= 0.3 is 8.56 Å². The van der Waals surface area contributed by atoms with Crippen LogP contribution in [0.3, 0.4) is 0 Å². The van der Waals surface area contributed by atoms with Crippen LogP contribution in [-0.2, 0) is 8.85 Å². The maximum Gasteiger partial charge on any atom is 0.407 e. The molecule has 0 aromatic heterocycles. The summed E-state index contributed by atoms with van der Waals surface area (Å²) >= 11 is 0. The summed E-state index contributed by atoms with van der Waals surface area (Å²) in [6.07, 6.45) is 0.